The molecule has 6 nitrogen and oxygen atoms in total. The van der Waals surface area contributed by atoms with Crippen molar-refractivity contribution < 1.29 is 32.2 Å². The molecular formula is C25H23F4N3O3. The van der Waals surface area contributed by atoms with Crippen molar-refractivity contribution in [3.63, 3.8) is 0 Å². The van der Waals surface area contributed by atoms with Crippen molar-refractivity contribution in [3.05, 3.63) is 88.7 Å². The Morgan fingerprint density at radius 1 is 1.14 bits per heavy atom. The molecule has 4 rings (SSSR count). The van der Waals surface area contributed by atoms with E-state index < -0.39 is 47.4 Å². The number of aryl methyl sites for hydroxylation is 1. The summed E-state index contributed by atoms with van der Waals surface area (Å²) in [5.74, 6) is -5.87. The third-order valence-corrected chi connectivity index (χ3v) is 5.65. The number of hydrogen-bond acceptors (Lipinski definition) is 4. The number of amides is 1. The molecule has 0 radical (unpaired) electrons. The third-order valence-electron chi connectivity index (χ3n) is 5.65. The van der Waals surface area contributed by atoms with Crippen LogP contribution in [0.4, 0.5) is 17.6 Å². The molecule has 35 heavy (non-hydrogen) atoms. The van der Waals surface area contributed by atoms with Gasteiger partial charge < -0.3 is 19.3 Å². The zero-order valence-corrected chi connectivity index (χ0v) is 19.2. The maximum atomic E-state index is 14.8. The fourth-order valence-electron chi connectivity index (χ4n) is 4.13. The summed E-state index contributed by atoms with van der Waals surface area (Å²) in [6.45, 7) is 4.80. The van der Waals surface area contributed by atoms with Gasteiger partial charge in [-0.2, -0.15) is 0 Å². The summed E-state index contributed by atoms with van der Waals surface area (Å²) < 4.78 is 63.2. The summed E-state index contributed by atoms with van der Waals surface area (Å²) in [5.41, 5.74) is 1.23. The first-order valence-electron chi connectivity index (χ1n) is 10.9. The van der Waals surface area contributed by atoms with Crippen LogP contribution in [-0.4, -0.2) is 44.2 Å². The summed E-state index contributed by atoms with van der Waals surface area (Å²) in [5, 5.41) is 10.4. The van der Waals surface area contributed by atoms with Crippen LogP contribution in [0.15, 0.2) is 48.6 Å². The topological polar surface area (TPSA) is 67.6 Å². The van der Waals surface area contributed by atoms with Crippen LogP contribution < -0.4 is 0 Å². The summed E-state index contributed by atoms with van der Waals surface area (Å²) in [7, 11) is 0. The van der Waals surface area contributed by atoms with Gasteiger partial charge in [0, 0.05) is 6.20 Å². The van der Waals surface area contributed by atoms with Crippen LogP contribution in [-0.2, 0) is 9.53 Å². The summed E-state index contributed by atoms with van der Waals surface area (Å²) in [4.78, 5) is 18.5. The molecule has 0 bridgehead atoms. The molecule has 3 atom stereocenters. The first-order valence-corrected chi connectivity index (χ1v) is 10.9. The number of rotatable bonds is 5. The Kier molecular flexibility index (Phi) is 6.66. The van der Waals surface area contributed by atoms with Gasteiger partial charge in [0.05, 0.1) is 36.4 Å². The number of aliphatic hydroxyl groups is 1. The molecule has 0 spiro atoms. The van der Waals surface area contributed by atoms with Crippen LogP contribution in [0.3, 0.4) is 0 Å². The van der Waals surface area contributed by atoms with Crippen LogP contribution in [0.1, 0.15) is 36.7 Å². The maximum Gasteiger partial charge on any atom is 0.289 e. The molecule has 0 unspecified atom stereocenters. The zero-order valence-electron chi connectivity index (χ0n) is 19.2. The van der Waals surface area contributed by atoms with E-state index in [9.17, 15) is 27.5 Å². The number of morpholine rings is 1. The normalized spacial score (nSPS) is 19.1. The van der Waals surface area contributed by atoms with E-state index in [1.54, 1.807) is 26.1 Å². The molecule has 2 aromatic carbocycles. The summed E-state index contributed by atoms with van der Waals surface area (Å²) in [6, 6.07) is 4.68. The largest absolute Gasteiger partial charge is 0.483 e. The Bertz CT molecular complexity index is 1280. The number of aromatic nitrogens is 2. The first-order chi connectivity index (χ1) is 16.5. The number of nitrogens with zero attached hydrogens (tertiary/aromatic N) is 3. The van der Waals surface area contributed by atoms with E-state index in [1.807, 2.05) is 0 Å². The number of hydrogen-bond donors (Lipinski definition) is 1. The molecule has 2 heterocycles. The lowest BCUT2D eigenvalue weighted by molar-refractivity contribution is -0.145. The third kappa shape index (κ3) is 4.93. The smallest absolute Gasteiger partial charge is 0.289 e. The standard InChI is InChI=1S/C25H23F4N3O3/c1-13-10-31(12-30-13)21-5-4-16(6-18(21)26)7-22-25(34)32(11-14(2)35-22)24(15(3)33)17-8-19(27)23(29)20(28)9-17/h4-10,12,14-15,24,33H,11H2,1-3H3/b22-7-/t14-,15+,24-/m0/s1. The molecular weight excluding hydrogens is 466 g/mol. The second-order valence-corrected chi connectivity index (χ2v) is 8.51. The second-order valence-electron chi connectivity index (χ2n) is 8.51. The fourth-order valence-corrected chi connectivity index (χ4v) is 4.13. The van der Waals surface area contributed by atoms with Gasteiger partial charge in [-0.05, 0) is 62.2 Å². The Morgan fingerprint density at radius 3 is 2.40 bits per heavy atom. The molecule has 10 heteroatoms. The number of benzene rings is 2. The van der Waals surface area contributed by atoms with Crippen LogP contribution in [0.2, 0.25) is 0 Å². The summed E-state index contributed by atoms with van der Waals surface area (Å²) >= 11 is 0. The molecule has 0 aliphatic carbocycles. The van der Waals surface area contributed by atoms with Gasteiger partial charge in [0.25, 0.3) is 5.91 Å². The Hall–Kier alpha value is -3.66. The highest BCUT2D eigenvalue weighted by Gasteiger charge is 2.37. The van der Waals surface area contributed by atoms with Crippen molar-refractivity contribution in [2.45, 2.75) is 39.0 Å². The molecule has 1 aliphatic heterocycles. The van der Waals surface area contributed by atoms with Gasteiger partial charge in [-0.3, -0.25) is 4.79 Å². The van der Waals surface area contributed by atoms with Crippen LogP contribution in [0, 0.1) is 30.2 Å². The van der Waals surface area contributed by atoms with Gasteiger partial charge in [0.15, 0.2) is 23.2 Å². The molecule has 0 saturated carbocycles. The van der Waals surface area contributed by atoms with Gasteiger partial charge >= 0.3 is 0 Å². The average Bonchev–Trinajstić information content (AvgIpc) is 3.21. The van der Waals surface area contributed by atoms with E-state index in [1.165, 1.54) is 40.9 Å². The van der Waals surface area contributed by atoms with Gasteiger partial charge in [-0.1, -0.05) is 6.07 Å². The molecule has 1 amide bonds. The number of carbonyl (C=O) groups excluding carboxylic acids is 1. The quantitative estimate of drug-likeness (QED) is 0.327. The lowest BCUT2D eigenvalue weighted by atomic mass is 9.98. The highest BCUT2D eigenvalue weighted by atomic mass is 19.2. The minimum atomic E-state index is -1.64. The number of aliphatic hydroxyl groups excluding tert-OH is 1. The van der Waals surface area contributed by atoms with E-state index in [0.717, 1.165) is 17.8 Å². The lowest BCUT2D eigenvalue weighted by Crippen LogP contribution is -2.48. The number of ether oxygens (including phenoxy) is 1. The average molecular weight is 489 g/mol. The van der Waals surface area contributed by atoms with Gasteiger partial charge in [0.2, 0.25) is 0 Å². The SMILES string of the molecule is Cc1cn(-c2ccc(/C=C3\O[C@@H](C)CN([C@H](c4cc(F)c(F)c(F)c4)[C@@H](C)O)C3=O)cc2F)cn1. The second kappa shape index (κ2) is 9.53. The molecule has 3 aromatic rings. The monoisotopic (exact) mass is 489 g/mol. The van der Waals surface area contributed by atoms with Crippen molar-refractivity contribution in [1.82, 2.24) is 14.5 Å². The van der Waals surface area contributed by atoms with Crippen molar-refractivity contribution >= 4 is 12.0 Å². The van der Waals surface area contributed by atoms with E-state index >= 15 is 0 Å². The van der Waals surface area contributed by atoms with Crippen molar-refractivity contribution in [3.8, 4) is 5.69 Å². The molecule has 184 valence electrons. The highest BCUT2D eigenvalue weighted by Crippen LogP contribution is 2.32. The minimum Gasteiger partial charge on any atom is -0.483 e. The van der Waals surface area contributed by atoms with E-state index in [-0.39, 0.29) is 23.6 Å². The Labute approximate surface area is 199 Å². The van der Waals surface area contributed by atoms with Crippen LogP contribution in [0.25, 0.3) is 11.8 Å². The van der Waals surface area contributed by atoms with Crippen molar-refractivity contribution in [2.24, 2.45) is 0 Å². The van der Waals surface area contributed by atoms with Crippen LogP contribution in [0.5, 0.6) is 0 Å². The fraction of sp³-hybridized carbons (Fsp3) is 0.280. The van der Waals surface area contributed by atoms with Gasteiger partial charge in [-0.25, -0.2) is 22.5 Å². The number of imidazole rings is 1. The van der Waals surface area contributed by atoms with Gasteiger partial charge in [-0.15, -0.1) is 0 Å². The zero-order chi connectivity index (χ0) is 25.4. The number of carbonyl (C=O) groups is 1. The van der Waals surface area contributed by atoms with E-state index in [0.29, 0.717) is 5.56 Å². The van der Waals surface area contributed by atoms with Crippen molar-refractivity contribution in [2.75, 3.05) is 6.54 Å². The maximum absolute atomic E-state index is 14.8. The first kappa shape index (κ1) is 24.5. The van der Waals surface area contributed by atoms with E-state index in [2.05, 4.69) is 4.98 Å². The summed E-state index contributed by atoms with van der Waals surface area (Å²) in [6.07, 6.45) is 2.71. The predicted octanol–water partition coefficient (Wildman–Crippen LogP) is 4.45. The lowest BCUT2D eigenvalue weighted by Gasteiger charge is -2.39. The molecule has 1 N–H and O–H groups in total. The Balaban J connectivity index is 1.67. The molecule has 1 saturated heterocycles. The number of halogens is 4. The van der Waals surface area contributed by atoms with E-state index in [4.69, 9.17) is 4.74 Å². The molecule has 1 aliphatic rings. The van der Waals surface area contributed by atoms with Gasteiger partial charge in [0.1, 0.15) is 11.9 Å². The Morgan fingerprint density at radius 2 is 1.83 bits per heavy atom. The van der Waals surface area contributed by atoms with Crippen molar-refractivity contribution in [1.29, 1.82) is 0 Å². The highest BCUT2D eigenvalue weighted by molar-refractivity contribution is 5.96. The molecule has 1 fully saturated rings. The molecule has 1 aromatic heterocycles. The predicted molar refractivity (Wildman–Crippen MR) is 119 cm³/mol. The van der Waals surface area contributed by atoms with Crippen LogP contribution >= 0.6 is 0 Å². The minimum absolute atomic E-state index is 0.000363.